The Bertz CT molecular complexity index is 444. The van der Waals surface area contributed by atoms with Gasteiger partial charge < -0.3 is 14.8 Å². The number of rotatable bonds is 6. The molecule has 1 N–H and O–H groups in total. The van der Waals surface area contributed by atoms with E-state index in [9.17, 15) is 4.79 Å². The SMILES string of the molecule is CCC(C)(CCl)NC(=O)c1ccc(OC)c(OC)c1. The Kier molecular flexibility index (Phi) is 5.48. The van der Waals surface area contributed by atoms with Gasteiger partial charge in [0.05, 0.1) is 19.8 Å². The Hall–Kier alpha value is -1.42. The molecule has 0 spiro atoms. The minimum Gasteiger partial charge on any atom is -0.493 e. The topological polar surface area (TPSA) is 47.6 Å². The minimum absolute atomic E-state index is 0.175. The van der Waals surface area contributed by atoms with Gasteiger partial charge in [0.2, 0.25) is 0 Å². The van der Waals surface area contributed by atoms with Gasteiger partial charge >= 0.3 is 0 Å². The van der Waals surface area contributed by atoms with Crippen molar-refractivity contribution in [3.05, 3.63) is 23.8 Å². The maximum Gasteiger partial charge on any atom is 0.251 e. The van der Waals surface area contributed by atoms with Gasteiger partial charge in [-0.1, -0.05) is 6.92 Å². The summed E-state index contributed by atoms with van der Waals surface area (Å²) in [5.41, 5.74) is 0.105. The summed E-state index contributed by atoms with van der Waals surface area (Å²) in [4.78, 5) is 12.2. The van der Waals surface area contributed by atoms with Crippen molar-refractivity contribution in [2.45, 2.75) is 25.8 Å². The molecule has 0 heterocycles. The fraction of sp³-hybridized carbons (Fsp3) is 0.500. The molecule has 1 amide bonds. The molecular weight excluding hydrogens is 266 g/mol. The molecule has 0 aromatic heterocycles. The lowest BCUT2D eigenvalue weighted by Crippen LogP contribution is -2.47. The number of alkyl halides is 1. The van der Waals surface area contributed by atoms with Crippen molar-refractivity contribution in [3.63, 3.8) is 0 Å². The Morgan fingerprint density at radius 3 is 2.42 bits per heavy atom. The Labute approximate surface area is 119 Å². The van der Waals surface area contributed by atoms with E-state index < -0.39 is 5.54 Å². The van der Waals surface area contributed by atoms with Crippen LogP contribution in [-0.2, 0) is 0 Å². The summed E-state index contributed by atoms with van der Waals surface area (Å²) in [7, 11) is 3.09. The standard InChI is InChI=1S/C14H20ClNO3/c1-5-14(2,9-15)16-13(17)10-6-7-11(18-3)12(8-10)19-4/h6-8H,5,9H2,1-4H3,(H,16,17). The van der Waals surface area contributed by atoms with Crippen LogP contribution >= 0.6 is 11.6 Å². The number of carbonyl (C=O) groups excluding carboxylic acids is 1. The minimum atomic E-state index is -0.411. The van der Waals surface area contributed by atoms with Crippen LogP contribution in [-0.4, -0.2) is 31.5 Å². The van der Waals surface area contributed by atoms with Crippen molar-refractivity contribution in [1.29, 1.82) is 0 Å². The third-order valence-corrected chi connectivity index (χ3v) is 3.73. The third kappa shape index (κ3) is 3.77. The molecule has 0 aliphatic heterocycles. The summed E-state index contributed by atoms with van der Waals surface area (Å²) < 4.78 is 10.3. The number of hydrogen-bond acceptors (Lipinski definition) is 3. The van der Waals surface area contributed by atoms with Crippen molar-refractivity contribution in [2.24, 2.45) is 0 Å². The van der Waals surface area contributed by atoms with Crippen LogP contribution in [0, 0.1) is 0 Å². The van der Waals surface area contributed by atoms with E-state index in [0.717, 1.165) is 6.42 Å². The normalized spacial score (nSPS) is 13.5. The number of carbonyl (C=O) groups is 1. The highest BCUT2D eigenvalue weighted by molar-refractivity contribution is 6.18. The third-order valence-electron chi connectivity index (χ3n) is 3.14. The molecule has 19 heavy (non-hydrogen) atoms. The van der Waals surface area contributed by atoms with Crippen LogP contribution in [0.1, 0.15) is 30.6 Å². The van der Waals surface area contributed by atoms with Crippen LogP contribution < -0.4 is 14.8 Å². The predicted molar refractivity (Wildman–Crippen MR) is 76.4 cm³/mol. The molecule has 4 nitrogen and oxygen atoms in total. The number of halogens is 1. The molecule has 106 valence electrons. The highest BCUT2D eigenvalue weighted by Crippen LogP contribution is 2.27. The van der Waals surface area contributed by atoms with Crippen molar-refractivity contribution >= 4 is 17.5 Å². The van der Waals surface area contributed by atoms with Crippen molar-refractivity contribution in [2.75, 3.05) is 20.1 Å². The second kappa shape index (κ2) is 6.66. The maximum absolute atomic E-state index is 12.2. The molecule has 1 atom stereocenters. The molecule has 0 aliphatic rings. The summed E-state index contributed by atoms with van der Waals surface area (Å²) >= 11 is 5.89. The summed E-state index contributed by atoms with van der Waals surface area (Å²) in [5.74, 6) is 1.31. The van der Waals surface area contributed by atoms with Gasteiger partial charge in [0.25, 0.3) is 5.91 Å². The maximum atomic E-state index is 12.2. The van der Waals surface area contributed by atoms with Gasteiger partial charge in [-0.2, -0.15) is 0 Å². The van der Waals surface area contributed by atoms with E-state index in [-0.39, 0.29) is 5.91 Å². The molecule has 0 bridgehead atoms. The van der Waals surface area contributed by atoms with Gasteiger partial charge in [-0.15, -0.1) is 11.6 Å². The highest BCUT2D eigenvalue weighted by Gasteiger charge is 2.24. The van der Waals surface area contributed by atoms with E-state index >= 15 is 0 Å². The molecule has 0 fully saturated rings. The van der Waals surface area contributed by atoms with E-state index in [1.165, 1.54) is 7.11 Å². The van der Waals surface area contributed by atoms with E-state index in [2.05, 4.69) is 5.32 Å². The molecule has 0 radical (unpaired) electrons. The van der Waals surface area contributed by atoms with Gasteiger partial charge in [0.15, 0.2) is 11.5 Å². The molecule has 0 saturated carbocycles. The Morgan fingerprint density at radius 1 is 1.32 bits per heavy atom. The molecule has 0 aliphatic carbocycles. The van der Waals surface area contributed by atoms with Crippen LogP contribution in [0.2, 0.25) is 0 Å². The van der Waals surface area contributed by atoms with Crippen LogP contribution in [0.5, 0.6) is 11.5 Å². The van der Waals surface area contributed by atoms with Crippen molar-refractivity contribution in [1.82, 2.24) is 5.32 Å². The first-order chi connectivity index (χ1) is 8.99. The lowest BCUT2D eigenvalue weighted by molar-refractivity contribution is 0.0912. The fourth-order valence-corrected chi connectivity index (χ4v) is 1.80. The number of benzene rings is 1. The first-order valence-electron chi connectivity index (χ1n) is 6.10. The van der Waals surface area contributed by atoms with Gasteiger partial charge in [-0.05, 0) is 31.5 Å². The summed E-state index contributed by atoms with van der Waals surface area (Å²) in [6.07, 6.45) is 0.759. The number of ether oxygens (including phenoxy) is 2. The van der Waals surface area contributed by atoms with E-state index in [1.807, 2.05) is 13.8 Å². The zero-order valence-electron chi connectivity index (χ0n) is 11.7. The lowest BCUT2D eigenvalue weighted by atomic mass is 10.0. The second-order valence-corrected chi connectivity index (χ2v) is 4.84. The van der Waals surface area contributed by atoms with E-state index in [1.54, 1.807) is 25.3 Å². The second-order valence-electron chi connectivity index (χ2n) is 4.57. The zero-order valence-corrected chi connectivity index (χ0v) is 12.5. The summed E-state index contributed by atoms with van der Waals surface area (Å²) in [6, 6.07) is 5.05. The summed E-state index contributed by atoms with van der Waals surface area (Å²) in [5, 5.41) is 2.93. The van der Waals surface area contributed by atoms with E-state index in [4.69, 9.17) is 21.1 Å². The molecule has 0 saturated heterocycles. The lowest BCUT2D eigenvalue weighted by Gasteiger charge is -2.27. The molecule has 1 unspecified atom stereocenters. The van der Waals surface area contributed by atoms with Gasteiger partial charge in [0.1, 0.15) is 0 Å². The Balaban J connectivity index is 2.94. The predicted octanol–water partition coefficient (Wildman–Crippen LogP) is 2.84. The average molecular weight is 286 g/mol. The summed E-state index contributed by atoms with van der Waals surface area (Å²) in [6.45, 7) is 3.90. The smallest absolute Gasteiger partial charge is 0.251 e. The number of hydrogen-bond donors (Lipinski definition) is 1. The fourth-order valence-electron chi connectivity index (χ4n) is 1.54. The average Bonchev–Trinajstić information content (AvgIpc) is 2.46. The number of nitrogens with one attached hydrogen (secondary N) is 1. The van der Waals surface area contributed by atoms with Gasteiger partial charge in [-0.3, -0.25) is 4.79 Å². The molecule has 5 heteroatoms. The monoisotopic (exact) mass is 285 g/mol. The van der Waals surface area contributed by atoms with Crippen molar-refractivity contribution in [3.8, 4) is 11.5 Å². The van der Waals surface area contributed by atoms with Gasteiger partial charge in [0, 0.05) is 11.4 Å². The van der Waals surface area contributed by atoms with Crippen LogP contribution in [0.3, 0.4) is 0 Å². The molecular formula is C14H20ClNO3. The highest BCUT2D eigenvalue weighted by atomic mass is 35.5. The quantitative estimate of drug-likeness (QED) is 0.818. The molecule has 1 aromatic carbocycles. The van der Waals surface area contributed by atoms with E-state index in [0.29, 0.717) is 22.9 Å². The van der Waals surface area contributed by atoms with Crippen LogP contribution in [0.4, 0.5) is 0 Å². The number of amides is 1. The molecule has 1 rings (SSSR count). The largest absolute Gasteiger partial charge is 0.493 e. The first kappa shape index (κ1) is 15.6. The van der Waals surface area contributed by atoms with Crippen LogP contribution in [0.25, 0.3) is 0 Å². The Morgan fingerprint density at radius 2 is 1.95 bits per heavy atom. The van der Waals surface area contributed by atoms with Crippen molar-refractivity contribution < 1.29 is 14.3 Å². The van der Waals surface area contributed by atoms with Gasteiger partial charge in [-0.25, -0.2) is 0 Å². The molecule has 1 aromatic rings. The van der Waals surface area contributed by atoms with Crippen LogP contribution in [0.15, 0.2) is 18.2 Å². The first-order valence-corrected chi connectivity index (χ1v) is 6.63. The zero-order chi connectivity index (χ0) is 14.5. The number of methoxy groups -OCH3 is 2.